The predicted molar refractivity (Wildman–Crippen MR) is 47.5 cm³/mol. The zero-order chi connectivity index (χ0) is 8.81. The molecule has 0 aromatic rings. The summed E-state index contributed by atoms with van der Waals surface area (Å²) in [6.07, 6.45) is 8.51. The summed E-state index contributed by atoms with van der Waals surface area (Å²) in [5.41, 5.74) is 0. The van der Waals surface area contributed by atoms with Crippen LogP contribution < -0.4 is 10.6 Å². The van der Waals surface area contributed by atoms with Gasteiger partial charge in [0.1, 0.15) is 0 Å². The fourth-order valence-electron chi connectivity index (χ4n) is 1.37. The zero-order valence-electron chi connectivity index (χ0n) is 7.10. The van der Waals surface area contributed by atoms with Gasteiger partial charge in [0, 0.05) is 12.6 Å². The number of nitrogens with one attached hydrogen (secondary N) is 2. The Hall–Kier alpha value is -1.01. The Morgan fingerprint density at radius 1 is 1.67 bits per heavy atom. The van der Waals surface area contributed by atoms with Gasteiger partial charge in [0.15, 0.2) is 0 Å². The molecule has 1 atom stereocenters. The van der Waals surface area contributed by atoms with Crippen LogP contribution in [0, 0.1) is 12.3 Å². The Labute approximate surface area is 72.9 Å². The van der Waals surface area contributed by atoms with Crippen LogP contribution in [-0.4, -0.2) is 25.0 Å². The summed E-state index contributed by atoms with van der Waals surface area (Å²) in [5, 5.41) is 5.98. The average Bonchev–Trinajstić information content (AvgIpc) is 2.16. The van der Waals surface area contributed by atoms with Crippen LogP contribution in [0.5, 0.6) is 0 Å². The first kappa shape index (κ1) is 9.08. The first-order valence-electron chi connectivity index (χ1n) is 4.31. The minimum atomic E-state index is -0.317. The Bertz CT molecular complexity index is 189. The summed E-state index contributed by atoms with van der Waals surface area (Å²) in [6, 6.07) is 0.413. The lowest BCUT2D eigenvalue weighted by Gasteiger charge is -2.22. The summed E-state index contributed by atoms with van der Waals surface area (Å²) in [4.78, 5) is 10.7. The maximum absolute atomic E-state index is 10.7. The standard InChI is InChI=1S/C9H14N2O/c1-2-9(12)11-7-8-5-3-4-6-10-8/h1,8,10H,3-7H2,(H,11,12). The van der Waals surface area contributed by atoms with Gasteiger partial charge in [-0.1, -0.05) is 6.42 Å². The maximum atomic E-state index is 10.7. The summed E-state index contributed by atoms with van der Waals surface area (Å²) in [6.45, 7) is 1.71. The van der Waals surface area contributed by atoms with E-state index in [0.717, 1.165) is 13.0 Å². The van der Waals surface area contributed by atoms with E-state index in [-0.39, 0.29) is 5.91 Å². The second-order valence-electron chi connectivity index (χ2n) is 3.00. The van der Waals surface area contributed by atoms with Crippen molar-refractivity contribution in [3.63, 3.8) is 0 Å². The average molecular weight is 166 g/mol. The van der Waals surface area contributed by atoms with Gasteiger partial charge < -0.3 is 10.6 Å². The smallest absolute Gasteiger partial charge is 0.295 e. The van der Waals surface area contributed by atoms with Gasteiger partial charge in [-0.2, -0.15) is 0 Å². The third kappa shape index (κ3) is 2.93. The quantitative estimate of drug-likeness (QED) is 0.561. The van der Waals surface area contributed by atoms with E-state index in [2.05, 4.69) is 10.6 Å². The van der Waals surface area contributed by atoms with Gasteiger partial charge >= 0.3 is 0 Å². The molecule has 0 radical (unpaired) electrons. The first-order chi connectivity index (χ1) is 5.83. The largest absolute Gasteiger partial charge is 0.344 e. The Morgan fingerprint density at radius 2 is 2.50 bits per heavy atom. The van der Waals surface area contributed by atoms with Crippen LogP contribution in [-0.2, 0) is 4.79 Å². The number of carbonyl (C=O) groups is 1. The van der Waals surface area contributed by atoms with Crippen LogP contribution in [0.1, 0.15) is 19.3 Å². The normalized spacial score (nSPS) is 22.8. The van der Waals surface area contributed by atoms with E-state index >= 15 is 0 Å². The van der Waals surface area contributed by atoms with E-state index in [1.807, 2.05) is 5.92 Å². The Morgan fingerprint density at radius 3 is 3.08 bits per heavy atom. The highest BCUT2D eigenvalue weighted by molar-refractivity contribution is 5.92. The molecule has 12 heavy (non-hydrogen) atoms. The van der Waals surface area contributed by atoms with E-state index in [4.69, 9.17) is 6.42 Å². The highest BCUT2D eigenvalue weighted by Gasteiger charge is 2.12. The molecule has 1 unspecified atom stereocenters. The molecular formula is C9H14N2O. The van der Waals surface area contributed by atoms with Crippen LogP contribution >= 0.6 is 0 Å². The van der Waals surface area contributed by atoms with Crippen LogP contribution in [0.15, 0.2) is 0 Å². The van der Waals surface area contributed by atoms with Gasteiger partial charge in [0.25, 0.3) is 5.91 Å². The molecular weight excluding hydrogens is 152 g/mol. The molecule has 1 aliphatic rings. The second kappa shape index (κ2) is 4.78. The molecule has 3 heteroatoms. The monoisotopic (exact) mass is 166 g/mol. The molecule has 1 saturated heterocycles. The van der Waals surface area contributed by atoms with E-state index < -0.39 is 0 Å². The van der Waals surface area contributed by atoms with Crippen LogP contribution in [0.4, 0.5) is 0 Å². The SMILES string of the molecule is C#CC(=O)NCC1CCCCN1. The fraction of sp³-hybridized carbons (Fsp3) is 0.667. The van der Waals surface area contributed by atoms with Crippen molar-refractivity contribution in [1.82, 2.24) is 10.6 Å². The number of piperidine rings is 1. The van der Waals surface area contributed by atoms with Crippen LogP contribution in [0.3, 0.4) is 0 Å². The maximum Gasteiger partial charge on any atom is 0.295 e. The molecule has 0 spiro atoms. The molecule has 2 N–H and O–H groups in total. The lowest BCUT2D eigenvalue weighted by atomic mass is 10.1. The van der Waals surface area contributed by atoms with Crippen molar-refractivity contribution < 1.29 is 4.79 Å². The molecule has 3 nitrogen and oxygen atoms in total. The van der Waals surface area contributed by atoms with Gasteiger partial charge in [0.2, 0.25) is 0 Å². The van der Waals surface area contributed by atoms with Crippen molar-refractivity contribution in [2.24, 2.45) is 0 Å². The van der Waals surface area contributed by atoms with Crippen molar-refractivity contribution in [3.05, 3.63) is 0 Å². The fourth-order valence-corrected chi connectivity index (χ4v) is 1.37. The molecule has 0 aromatic carbocycles. The van der Waals surface area contributed by atoms with Gasteiger partial charge in [0.05, 0.1) is 0 Å². The summed E-state index contributed by atoms with van der Waals surface area (Å²) < 4.78 is 0. The highest BCUT2D eigenvalue weighted by atomic mass is 16.1. The van der Waals surface area contributed by atoms with Gasteiger partial charge in [-0.05, 0) is 25.3 Å². The summed E-state index contributed by atoms with van der Waals surface area (Å²) >= 11 is 0. The Balaban J connectivity index is 2.14. The van der Waals surface area contributed by atoms with Crippen molar-refractivity contribution in [2.75, 3.05) is 13.1 Å². The lowest BCUT2D eigenvalue weighted by molar-refractivity contribution is -0.115. The lowest BCUT2D eigenvalue weighted by Crippen LogP contribution is -2.43. The Kier molecular flexibility index (Phi) is 3.62. The topological polar surface area (TPSA) is 41.1 Å². The van der Waals surface area contributed by atoms with Gasteiger partial charge in [-0.15, -0.1) is 6.42 Å². The molecule has 1 fully saturated rings. The minimum absolute atomic E-state index is 0.317. The number of hydrogen-bond acceptors (Lipinski definition) is 2. The van der Waals surface area contributed by atoms with E-state index in [1.165, 1.54) is 12.8 Å². The van der Waals surface area contributed by atoms with Crippen molar-refractivity contribution in [3.8, 4) is 12.3 Å². The number of rotatable bonds is 2. The molecule has 66 valence electrons. The predicted octanol–water partition coefficient (Wildman–Crippen LogP) is -0.122. The zero-order valence-corrected chi connectivity index (χ0v) is 7.10. The first-order valence-corrected chi connectivity index (χ1v) is 4.31. The molecule has 0 aromatic heterocycles. The highest BCUT2D eigenvalue weighted by Crippen LogP contribution is 2.05. The van der Waals surface area contributed by atoms with Gasteiger partial charge in [-0.25, -0.2) is 0 Å². The number of amides is 1. The minimum Gasteiger partial charge on any atom is -0.344 e. The number of carbonyl (C=O) groups excluding carboxylic acids is 1. The molecule has 1 aliphatic heterocycles. The molecule has 1 rings (SSSR count). The molecule has 0 aliphatic carbocycles. The van der Waals surface area contributed by atoms with Crippen LogP contribution in [0.2, 0.25) is 0 Å². The van der Waals surface area contributed by atoms with Gasteiger partial charge in [-0.3, -0.25) is 4.79 Å². The number of hydrogen-bond donors (Lipinski definition) is 2. The van der Waals surface area contributed by atoms with E-state index in [0.29, 0.717) is 12.6 Å². The van der Waals surface area contributed by atoms with Crippen molar-refractivity contribution in [2.45, 2.75) is 25.3 Å². The van der Waals surface area contributed by atoms with Crippen molar-refractivity contribution in [1.29, 1.82) is 0 Å². The second-order valence-corrected chi connectivity index (χ2v) is 3.00. The molecule has 0 bridgehead atoms. The molecule has 1 amide bonds. The molecule has 1 heterocycles. The molecule has 0 saturated carbocycles. The van der Waals surface area contributed by atoms with E-state index in [1.54, 1.807) is 0 Å². The summed E-state index contributed by atoms with van der Waals surface area (Å²) in [7, 11) is 0. The van der Waals surface area contributed by atoms with E-state index in [9.17, 15) is 4.79 Å². The summed E-state index contributed by atoms with van der Waals surface area (Å²) in [5.74, 6) is 1.71. The van der Waals surface area contributed by atoms with Crippen LogP contribution in [0.25, 0.3) is 0 Å². The number of terminal acetylenes is 1. The van der Waals surface area contributed by atoms with Crippen molar-refractivity contribution >= 4 is 5.91 Å². The third-order valence-corrected chi connectivity index (χ3v) is 2.05. The third-order valence-electron chi connectivity index (χ3n) is 2.05.